The van der Waals surface area contributed by atoms with Crippen LogP contribution in [0, 0.1) is 0 Å². The van der Waals surface area contributed by atoms with Gasteiger partial charge in [0.2, 0.25) is 0 Å². The summed E-state index contributed by atoms with van der Waals surface area (Å²) in [5.41, 5.74) is 13.0. The Labute approximate surface area is 60.8 Å². The fourth-order valence-electron chi connectivity index (χ4n) is 0.979. The zero-order valence-electron chi connectivity index (χ0n) is 6.09. The highest BCUT2D eigenvalue weighted by molar-refractivity contribution is 5.31. The lowest BCUT2D eigenvalue weighted by atomic mass is 10.1. The smallest absolute Gasteiger partial charge is 0.0543 e. The molecule has 0 aromatic rings. The lowest BCUT2D eigenvalue weighted by Crippen LogP contribution is -2.26. The van der Waals surface area contributed by atoms with Crippen LogP contribution in [0.5, 0.6) is 0 Å². The monoisotopic (exact) mass is 139 g/mol. The molecule has 56 valence electrons. The van der Waals surface area contributed by atoms with Crippen LogP contribution < -0.4 is 16.8 Å². The van der Waals surface area contributed by atoms with Gasteiger partial charge < -0.3 is 16.8 Å². The van der Waals surface area contributed by atoms with Gasteiger partial charge in [-0.3, -0.25) is 0 Å². The molecule has 0 spiro atoms. The van der Waals surface area contributed by atoms with Crippen LogP contribution in [-0.4, -0.2) is 13.1 Å². The van der Waals surface area contributed by atoms with Crippen molar-refractivity contribution in [3.63, 3.8) is 0 Å². The van der Waals surface area contributed by atoms with E-state index in [1.807, 2.05) is 19.2 Å². The Bertz CT molecular complexity index is 181. The van der Waals surface area contributed by atoms with E-state index in [1.54, 1.807) is 0 Å². The fourth-order valence-corrected chi connectivity index (χ4v) is 0.979. The molecule has 5 N–H and O–H groups in total. The van der Waals surface area contributed by atoms with E-state index in [1.165, 1.54) is 0 Å². The lowest BCUT2D eigenvalue weighted by Gasteiger charge is -2.15. The van der Waals surface area contributed by atoms with Crippen LogP contribution >= 0.6 is 0 Å². The molecular formula is C7H13N3. The molecule has 0 aromatic carbocycles. The van der Waals surface area contributed by atoms with Crippen LogP contribution in [0.1, 0.15) is 6.42 Å². The third-order valence-electron chi connectivity index (χ3n) is 1.57. The molecule has 3 heteroatoms. The predicted octanol–water partition coefficient (Wildman–Crippen LogP) is -0.337. The van der Waals surface area contributed by atoms with Crippen molar-refractivity contribution in [1.29, 1.82) is 0 Å². The molecule has 1 rings (SSSR count). The second-order valence-electron chi connectivity index (χ2n) is 2.39. The first-order valence-electron chi connectivity index (χ1n) is 3.35. The Morgan fingerprint density at radius 3 is 2.90 bits per heavy atom. The average molecular weight is 139 g/mol. The van der Waals surface area contributed by atoms with Crippen LogP contribution in [0.2, 0.25) is 0 Å². The minimum Gasteiger partial charge on any atom is -0.397 e. The van der Waals surface area contributed by atoms with E-state index in [4.69, 9.17) is 11.5 Å². The van der Waals surface area contributed by atoms with Crippen LogP contribution in [0.3, 0.4) is 0 Å². The van der Waals surface area contributed by atoms with E-state index >= 15 is 0 Å². The van der Waals surface area contributed by atoms with E-state index in [2.05, 4.69) is 5.32 Å². The third kappa shape index (κ3) is 1.30. The molecule has 1 atom stereocenters. The van der Waals surface area contributed by atoms with Gasteiger partial charge in [-0.2, -0.15) is 0 Å². The number of nitrogens with two attached hydrogens (primary N) is 2. The number of nitrogens with one attached hydrogen (secondary N) is 1. The molecule has 0 radical (unpaired) electrons. The average Bonchev–Trinajstić information content (AvgIpc) is 1.94. The van der Waals surface area contributed by atoms with Crippen molar-refractivity contribution in [3.05, 3.63) is 23.5 Å². The summed E-state index contributed by atoms with van der Waals surface area (Å²) in [5, 5.41) is 2.97. The van der Waals surface area contributed by atoms with Gasteiger partial charge in [0, 0.05) is 13.1 Å². The Hall–Kier alpha value is -0.960. The van der Waals surface area contributed by atoms with Gasteiger partial charge in [0.15, 0.2) is 0 Å². The molecule has 1 unspecified atom stereocenters. The van der Waals surface area contributed by atoms with Crippen molar-refractivity contribution < 1.29 is 0 Å². The van der Waals surface area contributed by atoms with Gasteiger partial charge in [0.1, 0.15) is 0 Å². The summed E-state index contributed by atoms with van der Waals surface area (Å²) in [6, 6.07) is 0.120. The summed E-state index contributed by atoms with van der Waals surface area (Å²) in [4.78, 5) is 0. The number of hydrogen-bond donors (Lipinski definition) is 3. The second kappa shape index (κ2) is 2.75. The Kier molecular flexibility index (Phi) is 1.97. The Balaban J connectivity index is 2.74. The zero-order valence-corrected chi connectivity index (χ0v) is 6.09. The largest absolute Gasteiger partial charge is 0.397 e. The van der Waals surface area contributed by atoms with Gasteiger partial charge in [-0.05, 0) is 12.5 Å². The van der Waals surface area contributed by atoms with Crippen molar-refractivity contribution in [2.75, 3.05) is 7.05 Å². The van der Waals surface area contributed by atoms with Gasteiger partial charge in [0.05, 0.1) is 11.4 Å². The molecule has 0 saturated carbocycles. The maximum absolute atomic E-state index is 5.65. The summed E-state index contributed by atoms with van der Waals surface area (Å²) in [6.07, 6.45) is 4.73. The summed E-state index contributed by atoms with van der Waals surface area (Å²) in [5.74, 6) is 0. The van der Waals surface area contributed by atoms with E-state index in [9.17, 15) is 0 Å². The third-order valence-corrected chi connectivity index (χ3v) is 1.57. The highest BCUT2D eigenvalue weighted by Crippen LogP contribution is 2.09. The molecule has 1 aliphatic carbocycles. The van der Waals surface area contributed by atoms with Gasteiger partial charge in [0.25, 0.3) is 0 Å². The standard InChI is InChI=1S/C7H13N3/c1-10-7-4-5(8)2-3-6(7)9/h3-5,10H,2,8-9H2,1H3. The summed E-state index contributed by atoms with van der Waals surface area (Å²) >= 11 is 0. The van der Waals surface area contributed by atoms with Crippen LogP contribution in [0.15, 0.2) is 23.5 Å². The van der Waals surface area contributed by atoms with Crippen molar-refractivity contribution in [2.45, 2.75) is 12.5 Å². The molecule has 0 heterocycles. The van der Waals surface area contributed by atoms with Crippen LogP contribution in [-0.2, 0) is 0 Å². The number of likely N-dealkylation sites (N-methyl/N-ethyl adjacent to an activating group) is 1. The first-order valence-corrected chi connectivity index (χ1v) is 3.35. The normalized spacial score (nSPS) is 25.2. The minimum absolute atomic E-state index is 0.120. The fraction of sp³-hybridized carbons (Fsp3) is 0.429. The van der Waals surface area contributed by atoms with Crippen molar-refractivity contribution in [1.82, 2.24) is 5.32 Å². The number of rotatable bonds is 1. The highest BCUT2D eigenvalue weighted by atomic mass is 14.9. The zero-order chi connectivity index (χ0) is 7.56. The summed E-state index contributed by atoms with van der Waals surface area (Å²) < 4.78 is 0. The summed E-state index contributed by atoms with van der Waals surface area (Å²) in [6.45, 7) is 0. The maximum Gasteiger partial charge on any atom is 0.0543 e. The molecule has 0 bridgehead atoms. The molecule has 3 nitrogen and oxygen atoms in total. The molecule has 1 aliphatic rings. The van der Waals surface area contributed by atoms with E-state index in [0.717, 1.165) is 17.8 Å². The second-order valence-corrected chi connectivity index (χ2v) is 2.39. The van der Waals surface area contributed by atoms with Gasteiger partial charge in [-0.25, -0.2) is 0 Å². The molecule has 0 aromatic heterocycles. The predicted molar refractivity (Wildman–Crippen MR) is 42.0 cm³/mol. The molecule has 0 amide bonds. The van der Waals surface area contributed by atoms with E-state index < -0.39 is 0 Å². The van der Waals surface area contributed by atoms with E-state index in [0.29, 0.717) is 0 Å². The molecule has 10 heavy (non-hydrogen) atoms. The first kappa shape index (κ1) is 7.15. The number of hydrogen-bond acceptors (Lipinski definition) is 3. The van der Waals surface area contributed by atoms with Crippen LogP contribution in [0.25, 0.3) is 0 Å². The highest BCUT2D eigenvalue weighted by Gasteiger charge is 2.07. The van der Waals surface area contributed by atoms with Gasteiger partial charge >= 0.3 is 0 Å². The van der Waals surface area contributed by atoms with Crippen molar-refractivity contribution in [3.8, 4) is 0 Å². The topological polar surface area (TPSA) is 64.1 Å². The quantitative estimate of drug-likeness (QED) is 0.466. The molecular weight excluding hydrogens is 126 g/mol. The molecule has 0 aliphatic heterocycles. The van der Waals surface area contributed by atoms with Gasteiger partial charge in [-0.1, -0.05) is 6.08 Å². The van der Waals surface area contributed by atoms with E-state index in [-0.39, 0.29) is 6.04 Å². The van der Waals surface area contributed by atoms with Gasteiger partial charge in [-0.15, -0.1) is 0 Å². The lowest BCUT2D eigenvalue weighted by molar-refractivity contribution is 0.782. The maximum atomic E-state index is 5.65. The van der Waals surface area contributed by atoms with Crippen molar-refractivity contribution >= 4 is 0 Å². The molecule has 0 saturated heterocycles. The van der Waals surface area contributed by atoms with Crippen molar-refractivity contribution in [2.24, 2.45) is 11.5 Å². The summed E-state index contributed by atoms with van der Waals surface area (Å²) in [7, 11) is 1.84. The SMILES string of the molecule is CNC1=CC(N)CC=C1N. The Morgan fingerprint density at radius 1 is 1.70 bits per heavy atom. The molecule has 0 fully saturated rings. The first-order chi connectivity index (χ1) is 4.74. The van der Waals surface area contributed by atoms with Crippen LogP contribution in [0.4, 0.5) is 0 Å². The minimum atomic E-state index is 0.120. The Morgan fingerprint density at radius 2 is 2.40 bits per heavy atom.